The molecule has 0 saturated carbocycles. The summed E-state index contributed by atoms with van der Waals surface area (Å²) in [6, 6.07) is 10.4. The van der Waals surface area contributed by atoms with Crippen LogP contribution in [0, 0.1) is 0 Å². The standard InChI is InChI=1S/C20H21F3N4O/c1-3-27(4-2)12-18(28)24-15-8-5-13(6-9-15)19-25-16-10-7-14(20(21,22)23)11-17(16)26-19/h5-11H,3-4,12H2,1-2H3,(H,24,28)(H,25,26). The number of aromatic amines is 1. The second-order valence-corrected chi connectivity index (χ2v) is 6.40. The van der Waals surface area contributed by atoms with Crippen LogP contribution in [-0.2, 0) is 11.0 Å². The summed E-state index contributed by atoms with van der Waals surface area (Å²) in [5.74, 6) is 0.371. The van der Waals surface area contributed by atoms with Gasteiger partial charge in [-0.25, -0.2) is 4.98 Å². The summed E-state index contributed by atoms with van der Waals surface area (Å²) in [6.07, 6.45) is -4.40. The Hall–Kier alpha value is -2.87. The Morgan fingerprint density at radius 3 is 2.39 bits per heavy atom. The van der Waals surface area contributed by atoms with Gasteiger partial charge in [0.2, 0.25) is 5.91 Å². The summed E-state index contributed by atoms with van der Waals surface area (Å²) >= 11 is 0. The highest BCUT2D eigenvalue weighted by Gasteiger charge is 2.30. The number of likely N-dealkylation sites (N-methyl/N-ethyl adjacent to an activating group) is 1. The van der Waals surface area contributed by atoms with Crippen molar-refractivity contribution in [3.8, 4) is 11.4 Å². The summed E-state index contributed by atoms with van der Waals surface area (Å²) < 4.78 is 38.5. The lowest BCUT2D eigenvalue weighted by molar-refractivity contribution is -0.137. The van der Waals surface area contributed by atoms with Gasteiger partial charge >= 0.3 is 6.18 Å². The van der Waals surface area contributed by atoms with Gasteiger partial charge in [0.1, 0.15) is 5.82 Å². The Morgan fingerprint density at radius 1 is 1.11 bits per heavy atom. The Balaban J connectivity index is 1.75. The zero-order valence-electron chi connectivity index (χ0n) is 15.6. The molecule has 3 aromatic rings. The molecular weight excluding hydrogens is 369 g/mol. The quantitative estimate of drug-likeness (QED) is 0.650. The van der Waals surface area contributed by atoms with Crippen molar-refractivity contribution in [2.75, 3.05) is 25.0 Å². The van der Waals surface area contributed by atoms with Crippen molar-refractivity contribution in [2.24, 2.45) is 0 Å². The second-order valence-electron chi connectivity index (χ2n) is 6.40. The van der Waals surface area contributed by atoms with E-state index in [1.54, 1.807) is 24.3 Å². The molecule has 0 spiro atoms. The first-order chi connectivity index (χ1) is 13.3. The lowest BCUT2D eigenvalue weighted by Crippen LogP contribution is -2.32. The maximum atomic E-state index is 12.8. The summed E-state index contributed by atoms with van der Waals surface area (Å²) in [6.45, 7) is 5.91. The van der Waals surface area contributed by atoms with Crippen LogP contribution in [0.15, 0.2) is 42.5 Å². The van der Waals surface area contributed by atoms with E-state index in [2.05, 4.69) is 15.3 Å². The normalized spacial score (nSPS) is 11.9. The van der Waals surface area contributed by atoms with Crippen LogP contribution < -0.4 is 5.32 Å². The van der Waals surface area contributed by atoms with Gasteiger partial charge in [-0.05, 0) is 55.6 Å². The van der Waals surface area contributed by atoms with Gasteiger partial charge in [0.15, 0.2) is 0 Å². The van der Waals surface area contributed by atoms with Crippen molar-refractivity contribution in [1.82, 2.24) is 14.9 Å². The van der Waals surface area contributed by atoms with Crippen LogP contribution in [0.1, 0.15) is 19.4 Å². The molecule has 3 rings (SSSR count). The first-order valence-electron chi connectivity index (χ1n) is 8.99. The number of carbonyl (C=O) groups excluding carboxylic acids is 1. The first kappa shape index (κ1) is 19.9. The summed E-state index contributed by atoms with van der Waals surface area (Å²) in [5, 5.41) is 2.83. The number of nitrogens with zero attached hydrogens (tertiary/aromatic N) is 2. The molecule has 1 heterocycles. The van der Waals surface area contributed by atoms with Gasteiger partial charge in [0, 0.05) is 11.3 Å². The smallest absolute Gasteiger partial charge is 0.338 e. The molecule has 0 aliphatic heterocycles. The number of imidazole rings is 1. The molecule has 28 heavy (non-hydrogen) atoms. The predicted octanol–water partition coefficient (Wildman–Crippen LogP) is 4.53. The van der Waals surface area contributed by atoms with Gasteiger partial charge in [0.25, 0.3) is 0 Å². The molecule has 0 aliphatic rings. The van der Waals surface area contributed by atoms with E-state index < -0.39 is 11.7 Å². The van der Waals surface area contributed by atoms with Crippen LogP contribution in [0.25, 0.3) is 22.4 Å². The van der Waals surface area contributed by atoms with E-state index in [-0.39, 0.29) is 5.91 Å². The van der Waals surface area contributed by atoms with Gasteiger partial charge in [-0.3, -0.25) is 9.69 Å². The summed E-state index contributed by atoms with van der Waals surface area (Å²) in [5.41, 5.74) is 1.42. The Kier molecular flexibility index (Phi) is 5.69. The maximum Gasteiger partial charge on any atom is 0.416 e. The van der Waals surface area contributed by atoms with E-state index in [1.165, 1.54) is 6.07 Å². The van der Waals surface area contributed by atoms with Gasteiger partial charge in [-0.2, -0.15) is 13.2 Å². The summed E-state index contributed by atoms with van der Waals surface area (Å²) in [4.78, 5) is 21.3. The maximum absolute atomic E-state index is 12.8. The Morgan fingerprint density at radius 2 is 1.79 bits per heavy atom. The lowest BCUT2D eigenvalue weighted by Gasteiger charge is -2.17. The Labute approximate surface area is 160 Å². The number of rotatable bonds is 6. The molecule has 0 aliphatic carbocycles. The van der Waals surface area contributed by atoms with Crippen LogP contribution in [0.5, 0.6) is 0 Å². The minimum Gasteiger partial charge on any atom is -0.338 e. The highest BCUT2D eigenvalue weighted by molar-refractivity contribution is 5.92. The molecule has 2 N–H and O–H groups in total. The molecule has 0 saturated heterocycles. The van der Waals surface area contributed by atoms with Crippen molar-refractivity contribution < 1.29 is 18.0 Å². The SMILES string of the molecule is CCN(CC)CC(=O)Nc1ccc(-c2nc3ccc(C(F)(F)F)cc3[nH]2)cc1. The molecule has 0 fully saturated rings. The minimum absolute atomic E-state index is 0.0973. The number of H-pyrrole nitrogens is 1. The molecule has 1 aromatic heterocycles. The number of halogens is 3. The van der Waals surface area contributed by atoms with Crippen molar-refractivity contribution in [2.45, 2.75) is 20.0 Å². The highest BCUT2D eigenvalue weighted by atomic mass is 19.4. The number of nitrogens with one attached hydrogen (secondary N) is 2. The van der Waals surface area contributed by atoms with Crippen molar-refractivity contribution in [3.63, 3.8) is 0 Å². The molecule has 5 nitrogen and oxygen atoms in total. The number of hydrogen-bond acceptors (Lipinski definition) is 3. The van der Waals surface area contributed by atoms with E-state index in [0.29, 0.717) is 34.7 Å². The fourth-order valence-corrected chi connectivity index (χ4v) is 2.88. The zero-order valence-corrected chi connectivity index (χ0v) is 15.6. The lowest BCUT2D eigenvalue weighted by atomic mass is 10.2. The molecule has 2 aromatic carbocycles. The van der Waals surface area contributed by atoms with Crippen LogP contribution in [0.4, 0.5) is 18.9 Å². The van der Waals surface area contributed by atoms with E-state index in [9.17, 15) is 18.0 Å². The van der Waals surface area contributed by atoms with E-state index >= 15 is 0 Å². The average Bonchev–Trinajstić information content (AvgIpc) is 3.09. The van der Waals surface area contributed by atoms with Crippen LogP contribution in [0.2, 0.25) is 0 Å². The summed E-state index contributed by atoms with van der Waals surface area (Å²) in [7, 11) is 0. The first-order valence-corrected chi connectivity index (χ1v) is 8.99. The molecule has 148 valence electrons. The molecule has 0 radical (unpaired) electrons. The number of aromatic nitrogens is 2. The van der Waals surface area contributed by atoms with E-state index in [4.69, 9.17) is 0 Å². The third-order valence-electron chi connectivity index (χ3n) is 4.51. The third kappa shape index (κ3) is 4.51. The molecule has 8 heteroatoms. The number of anilines is 1. The second kappa shape index (κ2) is 8.02. The van der Waals surface area contributed by atoms with Gasteiger partial charge < -0.3 is 10.3 Å². The largest absolute Gasteiger partial charge is 0.416 e. The topological polar surface area (TPSA) is 61.0 Å². The van der Waals surface area contributed by atoms with Crippen molar-refractivity contribution in [3.05, 3.63) is 48.0 Å². The number of benzene rings is 2. The van der Waals surface area contributed by atoms with Crippen LogP contribution in [0.3, 0.4) is 0 Å². The zero-order chi connectivity index (χ0) is 20.3. The Bertz CT molecular complexity index is 960. The monoisotopic (exact) mass is 390 g/mol. The fraction of sp³-hybridized carbons (Fsp3) is 0.300. The van der Waals surface area contributed by atoms with Gasteiger partial charge in [0.05, 0.1) is 23.1 Å². The predicted molar refractivity (Wildman–Crippen MR) is 103 cm³/mol. The number of hydrogen-bond donors (Lipinski definition) is 2. The van der Waals surface area contributed by atoms with E-state index in [0.717, 1.165) is 25.2 Å². The van der Waals surface area contributed by atoms with Crippen LogP contribution >= 0.6 is 0 Å². The van der Waals surface area contributed by atoms with Gasteiger partial charge in [-0.15, -0.1) is 0 Å². The third-order valence-corrected chi connectivity index (χ3v) is 4.51. The molecule has 0 atom stereocenters. The molecule has 0 bridgehead atoms. The molecule has 1 amide bonds. The number of carbonyl (C=O) groups is 1. The average molecular weight is 390 g/mol. The van der Waals surface area contributed by atoms with Crippen LogP contribution in [-0.4, -0.2) is 40.4 Å². The van der Waals surface area contributed by atoms with E-state index in [1.807, 2.05) is 18.7 Å². The highest BCUT2D eigenvalue weighted by Crippen LogP contribution is 2.31. The van der Waals surface area contributed by atoms with Crippen molar-refractivity contribution in [1.29, 1.82) is 0 Å². The number of alkyl halides is 3. The minimum atomic E-state index is -4.40. The van der Waals surface area contributed by atoms with Gasteiger partial charge in [-0.1, -0.05) is 13.8 Å². The van der Waals surface area contributed by atoms with Crippen molar-refractivity contribution >= 4 is 22.6 Å². The molecule has 0 unspecified atom stereocenters. The fourth-order valence-electron chi connectivity index (χ4n) is 2.88. The number of amides is 1. The number of fused-ring (bicyclic) bond motifs is 1. The molecular formula is C20H21F3N4O.